The van der Waals surface area contributed by atoms with Gasteiger partial charge in [0.05, 0.1) is 5.69 Å². The maximum absolute atomic E-state index is 14.0. The molecule has 6 rings (SSSR count). The van der Waals surface area contributed by atoms with Crippen LogP contribution in [-0.4, -0.2) is 59.1 Å². The molecule has 1 aliphatic rings. The predicted molar refractivity (Wildman–Crippen MR) is 164 cm³/mol. The number of nitrogens with zero attached hydrogens (tertiary/aromatic N) is 4. The van der Waals surface area contributed by atoms with Gasteiger partial charge in [-0.1, -0.05) is 6.07 Å². The van der Waals surface area contributed by atoms with Crippen molar-refractivity contribution in [2.45, 2.75) is 24.3 Å². The zero-order valence-corrected chi connectivity index (χ0v) is 24.3. The van der Waals surface area contributed by atoms with Crippen molar-refractivity contribution in [1.82, 2.24) is 19.4 Å². The number of nitrogens with one attached hydrogen (secondary N) is 2. The summed E-state index contributed by atoms with van der Waals surface area (Å²) in [5.41, 5.74) is 3.82. The first-order valence-electron chi connectivity index (χ1n) is 13.8. The normalized spacial score (nSPS) is 13.3. The van der Waals surface area contributed by atoms with Crippen molar-refractivity contribution >= 4 is 44.6 Å². The van der Waals surface area contributed by atoms with E-state index in [1.165, 1.54) is 49.9 Å². The fourth-order valence-electron chi connectivity index (χ4n) is 5.07. The number of hydrogen-bond donors (Lipinski definition) is 3. The third-order valence-corrected chi connectivity index (χ3v) is 8.60. The molecule has 228 valence electrons. The van der Waals surface area contributed by atoms with Gasteiger partial charge in [-0.25, -0.2) is 27.2 Å². The number of anilines is 3. The summed E-state index contributed by atoms with van der Waals surface area (Å²) < 4.78 is 56.8. The van der Waals surface area contributed by atoms with Gasteiger partial charge in [0.15, 0.2) is 0 Å². The standard InChI is InChI=1S/C30H28F2N6O2S.CH2O2/c31-23-4-10-29(26(32)18-23)41(39,40)36-25-7-5-24(6-8-25)35-30-19-27(33-20-34-30)21-3-9-28-22(17-21)11-14-38(28)16-15-37-12-1-2-13-37;2-1-3/h3-11,14,17-20,36H,1-2,12-13,15-16H2,(H,33,34,35);1H,(H,2,3). The highest BCUT2D eigenvalue weighted by atomic mass is 32.2. The minimum Gasteiger partial charge on any atom is -0.483 e. The topological polar surface area (TPSA) is 129 Å². The van der Waals surface area contributed by atoms with Crippen LogP contribution < -0.4 is 10.0 Å². The van der Waals surface area contributed by atoms with E-state index in [1.807, 2.05) is 6.07 Å². The Hall–Kier alpha value is -4.88. The highest BCUT2D eigenvalue weighted by molar-refractivity contribution is 7.92. The summed E-state index contributed by atoms with van der Waals surface area (Å²) in [5.74, 6) is -1.45. The van der Waals surface area contributed by atoms with Crippen molar-refractivity contribution in [2.75, 3.05) is 29.7 Å². The first kappa shape index (κ1) is 30.6. The average molecular weight is 621 g/mol. The molecule has 2 aromatic heterocycles. The molecule has 5 aromatic rings. The number of carboxylic acid groups (broad SMARTS) is 1. The fourth-order valence-corrected chi connectivity index (χ4v) is 6.19. The van der Waals surface area contributed by atoms with Crippen LogP contribution in [0.15, 0.2) is 90.2 Å². The Labute approximate surface area is 253 Å². The van der Waals surface area contributed by atoms with Crippen molar-refractivity contribution in [3.63, 3.8) is 0 Å². The van der Waals surface area contributed by atoms with Crippen LogP contribution in [0.4, 0.5) is 26.0 Å². The van der Waals surface area contributed by atoms with Crippen LogP contribution in [0.1, 0.15) is 12.8 Å². The van der Waals surface area contributed by atoms with Crippen LogP contribution in [0.5, 0.6) is 0 Å². The lowest BCUT2D eigenvalue weighted by Gasteiger charge is -2.15. The van der Waals surface area contributed by atoms with Gasteiger partial charge in [0.1, 0.15) is 28.7 Å². The van der Waals surface area contributed by atoms with Gasteiger partial charge in [0.25, 0.3) is 16.5 Å². The second kappa shape index (κ2) is 13.6. The van der Waals surface area contributed by atoms with E-state index in [9.17, 15) is 17.2 Å². The smallest absolute Gasteiger partial charge is 0.290 e. The third kappa shape index (κ3) is 7.36. The predicted octanol–water partition coefficient (Wildman–Crippen LogP) is 5.72. The zero-order valence-electron chi connectivity index (χ0n) is 23.5. The first-order chi connectivity index (χ1) is 21.3. The summed E-state index contributed by atoms with van der Waals surface area (Å²) in [6, 6.07) is 19.0. The summed E-state index contributed by atoms with van der Waals surface area (Å²) >= 11 is 0. The van der Waals surface area contributed by atoms with Crippen LogP contribution in [0.25, 0.3) is 22.2 Å². The quantitative estimate of drug-likeness (QED) is 0.179. The van der Waals surface area contributed by atoms with E-state index >= 15 is 0 Å². The Morgan fingerprint density at radius 1 is 0.886 bits per heavy atom. The van der Waals surface area contributed by atoms with E-state index in [0.717, 1.165) is 41.9 Å². The number of likely N-dealkylation sites (tertiary alicyclic amines) is 1. The lowest BCUT2D eigenvalue weighted by molar-refractivity contribution is -0.122. The molecule has 0 aliphatic carbocycles. The van der Waals surface area contributed by atoms with Gasteiger partial charge in [-0.2, -0.15) is 0 Å². The van der Waals surface area contributed by atoms with E-state index in [-0.39, 0.29) is 12.2 Å². The largest absolute Gasteiger partial charge is 0.483 e. The SMILES string of the molecule is O=CO.O=S(=O)(Nc1ccc(Nc2cc(-c3ccc4c(ccn4CCN4CCCC4)c3)ncn2)cc1)c1ccc(F)cc1F. The van der Waals surface area contributed by atoms with Crippen molar-refractivity contribution < 1.29 is 27.1 Å². The van der Waals surface area contributed by atoms with Gasteiger partial charge < -0.3 is 19.9 Å². The number of aromatic nitrogens is 3. The van der Waals surface area contributed by atoms with Gasteiger partial charge >= 0.3 is 0 Å². The minimum absolute atomic E-state index is 0.225. The number of sulfonamides is 1. The molecule has 3 heterocycles. The summed E-state index contributed by atoms with van der Waals surface area (Å²) in [6.45, 7) is 4.16. The molecule has 13 heteroatoms. The van der Waals surface area contributed by atoms with Crippen LogP contribution >= 0.6 is 0 Å². The number of carbonyl (C=O) groups is 1. The molecular weight excluding hydrogens is 590 g/mol. The number of halogens is 2. The lowest BCUT2D eigenvalue weighted by atomic mass is 10.1. The van der Waals surface area contributed by atoms with Crippen LogP contribution in [0.2, 0.25) is 0 Å². The molecule has 0 atom stereocenters. The molecule has 0 radical (unpaired) electrons. The zero-order chi connectivity index (χ0) is 31.1. The van der Waals surface area contributed by atoms with E-state index in [2.05, 4.69) is 59.9 Å². The number of benzene rings is 3. The highest BCUT2D eigenvalue weighted by Gasteiger charge is 2.20. The summed E-state index contributed by atoms with van der Waals surface area (Å²) in [7, 11) is -4.23. The van der Waals surface area contributed by atoms with E-state index < -0.39 is 26.6 Å². The maximum Gasteiger partial charge on any atom is 0.290 e. The summed E-state index contributed by atoms with van der Waals surface area (Å²) in [5, 5.41) is 11.2. The number of rotatable bonds is 9. The van der Waals surface area contributed by atoms with Gasteiger partial charge in [0, 0.05) is 59.3 Å². The number of fused-ring (bicyclic) bond motifs is 1. The van der Waals surface area contributed by atoms with Crippen molar-refractivity contribution in [3.8, 4) is 11.3 Å². The Morgan fingerprint density at radius 2 is 1.61 bits per heavy atom. The molecule has 1 aliphatic heterocycles. The molecular formula is C31H30F2N6O4S. The molecule has 3 N–H and O–H groups in total. The highest BCUT2D eigenvalue weighted by Crippen LogP contribution is 2.27. The molecule has 44 heavy (non-hydrogen) atoms. The molecule has 0 saturated carbocycles. The average Bonchev–Trinajstić information content (AvgIpc) is 3.67. The van der Waals surface area contributed by atoms with Crippen molar-refractivity contribution in [1.29, 1.82) is 0 Å². The Balaban J connectivity index is 0.00000123. The molecule has 10 nitrogen and oxygen atoms in total. The molecule has 3 aromatic carbocycles. The van der Waals surface area contributed by atoms with Gasteiger partial charge in [-0.15, -0.1) is 0 Å². The van der Waals surface area contributed by atoms with E-state index in [0.29, 0.717) is 17.6 Å². The Kier molecular flexibility index (Phi) is 9.46. The first-order valence-corrected chi connectivity index (χ1v) is 15.3. The van der Waals surface area contributed by atoms with Gasteiger partial charge in [-0.3, -0.25) is 9.52 Å². The van der Waals surface area contributed by atoms with Crippen LogP contribution in [0.3, 0.4) is 0 Å². The third-order valence-electron chi connectivity index (χ3n) is 7.18. The monoisotopic (exact) mass is 620 g/mol. The molecule has 1 fully saturated rings. The molecule has 1 saturated heterocycles. The summed E-state index contributed by atoms with van der Waals surface area (Å²) in [4.78, 5) is 19.0. The minimum atomic E-state index is -4.23. The van der Waals surface area contributed by atoms with Crippen molar-refractivity contribution in [2.24, 2.45) is 0 Å². The van der Waals surface area contributed by atoms with Crippen molar-refractivity contribution in [3.05, 3.63) is 97.0 Å². The Bertz CT molecular complexity index is 1860. The molecule has 0 spiro atoms. The van der Waals surface area contributed by atoms with Gasteiger partial charge in [0.2, 0.25) is 0 Å². The van der Waals surface area contributed by atoms with Crippen LogP contribution in [-0.2, 0) is 21.4 Å². The van der Waals surface area contributed by atoms with Crippen LogP contribution in [0, 0.1) is 11.6 Å². The second-order valence-electron chi connectivity index (χ2n) is 10.1. The maximum atomic E-state index is 14.0. The summed E-state index contributed by atoms with van der Waals surface area (Å²) in [6.07, 6.45) is 6.21. The molecule has 0 unspecified atom stereocenters. The number of hydrogen-bond acceptors (Lipinski definition) is 7. The second-order valence-corrected chi connectivity index (χ2v) is 11.8. The molecule has 0 amide bonds. The van der Waals surface area contributed by atoms with E-state index in [4.69, 9.17) is 9.90 Å². The Morgan fingerprint density at radius 3 is 2.34 bits per heavy atom. The van der Waals surface area contributed by atoms with E-state index in [1.54, 1.807) is 12.1 Å². The van der Waals surface area contributed by atoms with Gasteiger partial charge in [-0.05, 0) is 80.5 Å². The molecule has 0 bridgehead atoms. The lowest BCUT2D eigenvalue weighted by Crippen LogP contribution is -2.23. The fraction of sp³-hybridized carbons (Fsp3) is 0.194.